The standard InChI is InChI=1S/C14H18FNO3/c1-2-16-6-7-18-12(8-16)10-19-14-11(9-17)4-3-5-13(14)15/h3-5,9,12H,2,6-8,10H2,1H3. The summed E-state index contributed by atoms with van der Waals surface area (Å²) in [6, 6.07) is 4.30. The lowest BCUT2D eigenvalue weighted by atomic mass is 10.2. The summed E-state index contributed by atoms with van der Waals surface area (Å²) in [7, 11) is 0. The fraction of sp³-hybridized carbons (Fsp3) is 0.500. The molecule has 19 heavy (non-hydrogen) atoms. The lowest BCUT2D eigenvalue weighted by Gasteiger charge is -2.31. The van der Waals surface area contributed by atoms with Crippen LogP contribution in [0.4, 0.5) is 4.39 Å². The lowest BCUT2D eigenvalue weighted by Crippen LogP contribution is -2.44. The van der Waals surface area contributed by atoms with E-state index in [1.54, 1.807) is 0 Å². The van der Waals surface area contributed by atoms with Gasteiger partial charge in [0.25, 0.3) is 0 Å². The number of hydrogen-bond donors (Lipinski definition) is 0. The molecule has 1 aliphatic heterocycles. The number of carbonyl (C=O) groups is 1. The number of hydrogen-bond acceptors (Lipinski definition) is 4. The maximum atomic E-state index is 13.6. The molecule has 0 N–H and O–H groups in total. The number of carbonyl (C=O) groups excluding carboxylic acids is 1. The molecule has 0 radical (unpaired) electrons. The molecule has 1 saturated heterocycles. The van der Waals surface area contributed by atoms with E-state index in [1.807, 2.05) is 0 Å². The van der Waals surface area contributed by atoms with E-state index < -0.39 is 5.82 Å². The zero-order valence-corrected chi connectivity index (χ0v) is 11.0. The molecule has 1 aromatic rings. The van der Waals surface area contributed by atoms with Crippen LogP contribution in [0, 0.1) is 5.82 Å². The van der Waals surface area contributed by atoms with Crippen LogP contribution in [0.1, 0.15) is 17.3 Å². The third kappa shape index (κ3) is 3.52. The Morgan fingerprint density at radius 3 is 3.16 bits per heavy atom. The first-order chi connectivity index (χ1) is 9.24. The summed E-state index contributed by atoms with van der Waals surface area (Å²) in [6.07, 6.45) is 0.506. The third-order valence-corrected chi connectivity index (χ3v) is 3.21. The summed E-state index contributed by atoms with van der Waals surface area (Å²) in [6.45, 7) is 5.62. The minimum absolute atomic E-state index is 0.00900. The summed E-state index contributed by atoms with van der Waals surface area (Å²) >= 11 is 0. The number of morpholine rings is 1. The first kappa shape index (κ1) is 14.0. The van der Waals surface area contributed by atoms with E-state index in [-0.39, 0.29) is 24.0 Å². The monoisotopic (exact) mass is 267 g/mol. The molecule has 1 fully saturated rings. The molecule has 1 aliphatic rings. The summed E-state index contributed by atoms with van der Waals surface area (Å²) in [4.78, 5) is 13.1. The highest BCUT2D eigenvalue weighted by atomic mass is 19.1. The highest BCUT2D eigenvalue weighted by Gasteiger charge is 2.21. The van der Waals surface area contributed by atoms with Gasteiger partial charge in [0, 0.05) is 13.1 Å². The Balaban J connectivity index is 1.97. The highest BCUT2D eigenvalue weighted by molar-refractivity contribution is 5.79. The topological polar surface area (TPSA) is 38.8 Å². The number of para-hydroxylation sites is 1. The van der Waals surface area contributed by atoms with Crippen LogP contribution in [0.3, 0.4) is 0 Å². The van der Waals surface area contributed by atoms with Crippen molar-refractivity contribution in [2.75, 3.05) is 32.8 Å². The van der Waals surface area contributed by atoms with Gasteiger partial charge in [-0.15, -0.1) is 0 Å². The van der Waals surface area contributed by atoms with Gasteiger partial charge < -0.3 is 9.47 Å². The van der Waals surface area contributed by atoms with Crippen LogP contribution in [0.15, 0.2) is 18.2 Å². The van der Waals surface area contributed by atoms with Crippen LogP contribution in [0.5, 0.6) is 5.75 Å². The van der Waals surface area contributed by atoms with Crippen LogP contribution in [-0.2, 0) is 4.74 Å². The van der Waals surface area contributed by atoms with Crippen molar-refractivity contribution in [2.45, 2.75) is 13.0 Å². The molecular formula is C14H18FNO3. The number of likely N-dealkylation sites (N-methyl/N-ethyl adjacent to an activating group) is 1. The van der Waals surface area contributed by atoms with E-state index in [4.69, 9.17) is 9.47 Å². The Morgan fingerprint density at radius 1 is 1.58 bits per heavy atom. The summed E-state index contributed by atoms with van der Waals surface area (Å²) in [5, 5.41) is 0. The first-order valence-corrected chi connectivity index (χ1v) is 6.45. The van der Waals surface area contributed by atoms with E-state index in [2.05, 4.69) is 11.8 Å². The molecule has 2 rings (SSSR count). The zero-order chi connectivity index (χ0) is 13.7. The molecule has 104 valence electrons. The summed E-state index contributed by atoms with van der Waals surface area (Å²) in [5.74, 6) is -0.512. The number of ether oxygens (including phenoxy) is 2. The Morgan fingerprint density at radius 2 is 2.42 bits per heavy atom. The lowest BCUT2D eigenvalue weighted by molar-refractivity contribution is -0.0469. The number of nitrogens with zero attached hydrogens (tertiary/aromatic N) is 1. The van der Waals surface area contributed by atoms with E-state index in [9.17, 15) is 9.18 Å². The van der Waals surface area contributed by atoms with Crippen LogP contribution in [0.25, 0.3) is 0 Å². The van der Waals surface area contributed by atoms with Gasteiger partial charge in [-0.05, 0) is 18.7 Å². The van der Waals surface area contributed by atoms with Gasteiger partial charge in [-0.25, -0.2) is 4.39 Å². The molecular weight excluding hydrogens is 249 g/mol. The van der Waals surface area contributed by atoms with Gasteiger partial charge in [-0.3, -0.25) is 9.69 Å². The zero-order valence-electron chi connectivity index (χ0n) is 11.0. The number of halogens is 1. The van der Waals surface area contributed by atoms with Gasteiger partial charge in [0.05, 0.1) is 12.2 Å². The Labute approximate surface area is 112 Å². The van der Waals surface area contributed by atoms with Crippen molar-refractivity contribution in [3.05, 3.63) is 29.6 Å². The molecule has 0 saturated carbocycles. The third-order valence-electron chi connectivity index (χ3n) is 3.21. The SMILES string of the molecule is CCN1CCOC(COc2c(F)cccc2C=O)C1. The van der Waals surface area contributed by atoms with Crippen molar-refractivity contribution in [3.8, 4) is 5.75 Å². The average Bonchev–Trinajstić information content (AvgIpc) is 2.46. The number of benzene rings is 1. The smallest absolute Gasteiger partial charge is 0.165 e. The maximum Gasteiger partial charge on any atom is 0.165 e. The molecule has 4 nitrogen and oxygen atoms in total. The van der Waals surface area contributed by atoms with Gasteiger partial charge in [0.1, 0.15) is 12.7 Å². The second-order valence-electron chi connectivity index (χ2n) is 4.47. The highest BCUT2D eigenvalue weighted by Crippen LogP contribution is 2.21. The van der Waals surface area contributed by atoms with E-state index >= 15 is 0 Å². The molecule has 5 heteroatoms. The molecule has 0 spiro atoms. The van der Waals surface area contributed by atoms with Gasteiger partial charge in [0.15, 0.2) is 17.9 Å². The van der Waals surface area contributed by atoms with Crippen LogP contribution in [-0.4, -0.2) is 50.1 Å². The average molecular weight is 267 g/mol. The summed E-state index contributed by atoms with van der Waals surface area (Å²) < 4.78 is 24.6. The molecule has 0 aliphatic carbocycles. The van der Waals surface area contributed by atoms with Gasteiger partial charge in [-0.2, -0.15) is 0 Å². The Hall–Kier alpha value is -1.46. The largest absolute Gasteiger partial charge is 0.487 e. The maximum absolute atomic E-state index is 13.6. The van der Waals surface area contributed by atoms with E-state index in [0.717, 1.165) is 19.6 Å². The van der Waals surface area contributed by atoms with Crippen molar-refractivity contribution in [1.82, 2.24) is 4.90 Å². The van der Waals surface area contributed by atoms with E-state index in [1.165, 1.54) is 18.2 Å². The second kappa shape index (κ2) is 6.63. The van der Waals surface area contributed by atoms with Gasteiger partial charge >= 0.3 is 0 Å². The number of aldehydes is 1. The van der Waals surface area contributed by atoms with Crippen LogP contribution >= 0.6 is 0 Å². The molecule has 0 amide bonds. The quantitative estimate of drug-likeness (QED) is 0.762. The van der Waals surface area contributed by atoms with E-state index in [0.29, 0.717) is 12.9 Å². The van der Waals surface area contributed by atoms with Crippen LogP contribution < -0.4 is 4.74 Å². The fourth-order valence-corrected chi connectivity index (χ4v) is 2.12. The minimum atomic E-state index is -0.521. The van der Waals surface area contributed by atoms with Crippen molar-refractivity contribution >= 4 is 6.29 Å². The van der Waals surface area contributed by atoms with Crippen molar-refractivity contribution in [3.63, 3.8) is 0 Å². The predicted octanol–water partition coefficient (Wildman–Crippen LogP) is 1.74. The Bertz CT molecular complexity index is 439. The Kier molecular flexibility index (Phi) is 4.87. The molecule has 1 atom stereocenters. The first-order valence-electron chi connectivity index (χ1n) is 6.45. The summed E-state index contributed by atoms with van der Waals surface area (Å²) in [5.41, 5.74) is 0.225. The van der Waals surface area contributed by atoms with Crippen molar-refractivity contribution < 1.29 is 18.7 Å². The second-order valence-corrected chi connectivity index (χ2v) is 4.47. The van der Waals surface area contributed by atoms with Gasteiger partial charge in [0.2, 0.25) is 0 Å². The normalized spacial score (nSPS) is 20.2. The van der Waals surface area contributed by atoms with Gasteiger partial charge in [-0.1, -0.05) is 13.0 Å². The predicted molar refractivity (Wildman–Crippen MR) is 69.1 cm³/mol. The molecule has 1 unspecified atom stereocenters. The molecule has 0 aromatic heterocycles. The number of rotatable bonds is 5. The molecule has 1 heterocycles. The van der Waals surface area contributed by atoms with Crippen molar-refractivity contribution in [2.24, 2.45) is 0 Å². The fourth-order valence-electron chi connectivity index (χ4n) is 2.12. The molecule has 0 bridgehead atoms. The molecule has 1 aromatic carbocycles. The van der Waals surface area contributed by atoms with Crippen LogP contribution in [0.2, 0.25) is 0 Å². The minimum Gasteiger partial charge on any atom is -0.487 e. The van der Waals surface area contributed by atoms with Crippen molar-refractivity contribution in [1.29, 1.82) is 0 Å².